The highest BCUT2D eigenvalue weighted by atomic mass is 32.2. The van der Waals surface area contributed by atoms with Gasteiger partial charge in [-0.3, -0.25) is 4.79 Å². The quantitative estimate of drug-likeness (QED) is 0.213. The molecule has 1 aliphatic heterocycles. The Morgan fingerprint density at radius 1 is 1.07 bits per heavy atom. The van der Waals surface area contributed by atoms with Crippen LogP contribution < -0.4 is 9.64 Å². The van der Waals surface area contributed by atoms with Crippen molar-refractivity contribution in [3.05, 3.63) is 88.9 Å². The molecular weight excluding hydrogens is 603 g/mol. The first-order valence-electron chi connectivity index (χ1n) is 12.8. The number of rotatable bonds is 8. The van der Waals surface area contributed by atoms with Crippen molar-refractivity contribution in [3.8, 4) is 34.2 Å². The Labute approximate surface area is 247 Å². The van der Waals surface area contributed by atoms with Crippen molar-refractivity contribution in [2.75, 3.05) is 18.0 Å². The molecule has 1 fully saturated rings. The summed E-state index contributed by atoms with van der Waals surface area (Å²) < 4.78 is 74.3. The average molecular weight is 624 g/mol. The van der Waals surface area contributed by atoms with E-state index in [1.807, 2.05) is 4.90 Å². The Balaban J connectivity index is 1.62. The predicted molar refractivity (Wildman–Crippen MR) is 154 cm³/mol. The first kappa shape index (κ1) is 28.3. The lowest BCUT2D eigenvalue weighted by Gasteiger charge is -2.38. The van der Waals surface area contributed by atoms with Crippen LogP contribution in [0.3, 0.4) is 0 Å². The fourth-order valence-corrected chi connectivity index (χ4v) is 7.44. The summed E-state index contributed by atoms with van der Waals surface area (Å²) in [7, 11) is -4.46. The van der Waals surface area contributed by atoms with Crippen molar-refractivity contribution < 1.29 is 36.2 Å². The van der Waals surface area contributed by atoms with Crippen LogP contribution in [0.15, 0.2) is 83.1 Å². The summed E-state index contributed by atoms with van der Waals surface area (Å²) in [5.74, 6) is -2.29. The second-order valence-corrected chi connectivity index (χ2v) is 12.5. The van der Waals surface area contributed by atoms with Crippen LogP contribution in [0, 0.1) is 23.1 Å². The van der Waals surface area contributed by atoms with E-state index >= 15 is 0 Å². The molecule has 0 unspecified atom stereocenters. The molecule has 43 heavy (non-hydrogen) atoms. The van der Waals surface area contributed by atoms with Gasteiger partial charge < -0.3 is 14.7 Å². The summed E-state index contributed by atoms with van der Waals surface area (Å²) in [6.45, 7) is -2.55. The van der Waals surface area contributed by atoms with Crippen molar-refractivity contribution in [1.29, 1.82) is 5.26 Å². The van der Waals surface area contributed by atoms with Gasteiger partial charge >= 0.3 is 12.6 Å². The lowest BCUT2D eigenvalue weighted by molar-refractivity contribution is -0.142. The number of thiophene rings is 1. The van der Waals surface area contributed by atoms with Gasteiger partial charge in [0.25, 0.3) is 10.0 Å². The molecule has 5 aromatic rings. The van der Waals surface area contributed by atoms with Crippen LogP contribution in [-0.4, -0.2) is 43.2 Å². The first-order valence-corrected chi connectivity index (χ1v) is 15.1. The molecule has 0 atom stereocenters. The third-order valence-corrected chi connectivity index (χ3v) is 9.77. The van der Waals surface area contributed by atoms with Crippen molar-refractivity contribution in [2.24, 2.45) is 5.92 Å². The second kappa shape index (κ2) is 10.8. The molecule has 0 saturated carbocycles. The summed E-state index contributed by atoms with van der Waals surface area (Å²) >= 11 is 1.15. The van der Waals surface area contributed by atoms with E-state index in [0.29, 0.717) is 27.3 Å². The van der Waals surface area contributed by atoms with Gasteiger partial charge in [0.1, 0.15) is 22.5 Å². The zero-order valence-electron chi connectivity index (χ0n) is 21.9. The fourth-order valence-electron chi connectivity index (χ4n) is 5.21. The first-order chi connectivity index (χ1) is 20.6. The molecule has 0 bridgehead atoms. The van der Waals surface area contributed by atoms with Gasteiger partial charge in [-0.2, -0.15) is 14.0 Å². The monoisotopic (exact) mass is 623 g/mol. The Morgan fingerprint density at radius 2 is 1.81 bits per heavy atom. The number of ether oxygens (including phenoxy) is 1. The summed E-state index contributed by atoms with van der Waals surface area (Å²) in [5.41, 5.74) is 2.08. The Morgan fingerprint density at radius 3 is 2.49 bits per heavy atom. The topological polar surface area (TPSA) is 113 Å². The van der Waals surface area contributed by atoms with E-state index in [1.54, 1.807) is 35.7 Å². The lowest BCUT2D eigenvalue weighted by Crippen LogP contribution is -2.50. The van der Waals surface area contributed by atoms with Crippen molar-refractivity contribution in [2.45, 2.75) is 11.5 Å². The van der Waals surface area contributed by atoms with E-state index < -0.39 is 34.3 Å². The number of aliphatic carboxylic acids is 1. The molecule has 218 valence electrons. The lowest BCUT2D eigenvalue weighted by atomic mass is 9.96. The zero-order chi connectivity index (χ0) is 30.5. The molecule has 6 rings (SSSR count). The number of halogens is 3. The molecule has 1 aliphatic rings. The molecule has 3 aromatic carbocycles. The normalized spacial score (nSPS) is 13.7. The molecule has 0 amide bonds. The zero-order valence-corrected chi connectivity index (χ0v) is 23.6. The summed E-state index contributed by atoms with van der Waals surface area (Å²) in [5, 5.41) is 21.1. The number of benzene rings is 3. The highest BCUT2D eigenvalue weighted by Crippen LogP contribution is 2.46. The van der Waals surface area contributed by atoms with E-state index in [9.17, 15) is 36.8 Å². The van der Waals surface area contributed by atoms with Crippen LogP contribution in [0.5, 0.6) is 5.75 Å². The molecule has 1 N–H and O–H groups in total. The molecule has 0 radical (unpaired) electrons. The van der Waals surface area contributed by atoms with Gasteiger partial charge in [0.05, 0.1) is 22.0 Å². The van der Waals surface area contributed by atoms with E-state index in [0.717, 1.165) is 45.6 Å². The number of nitrogens with zero attached hydrogens (tertiary/aromatic N) is 3. The number of fused-ring (bicyclic) bond motifs is 1. The molecule has 2 aromatic heterocycles. The molecule has 3 heterocycles. The number of carboxylic acids is 1. The van der Waals surface area contributed by atoms with Crippen molar-refractivity contribution >= 4 is 43.9 Å². The second-order valence-electron chi connectivity index (χ2n) is 9.77. The molecular formula is C30H20F3N3O5S2. The third kappa shape index (κ3) is 4.98. The summed E-state index contributed by atoms with van der Waals surface area (Å²) in [6, 6.07) is 18.8. The Kier molecular flexibility index (Phi) is 7.11. The van der Waals surface area contributed by atoms with Crippen LogP contribution in [0.1, 0.15) is 4.88 Å². The standard InChI is InChI=1S/C30H20F3N3O5S2/c31-19-4-9-25-24(13-19)27(23-10-11-42-26(23)14-34)28(17-2-1-3-20(12-17)35-15-18(16-35)29(37)38)36(25)43(39,40)22-7-5-21(6-8-22)41-30(32)33/h1-13,18,30H,15-16H2,(H,37,38). The predicted octanol–water partition coefficient (Wildman–Crippen LogP) is 6.41. The highest BCUT2D eigenvalue weighted by molar-refractivity contribution is 7.90. The molecule has 0 aliphatic carbocycles. The summed E-state index contributed by atoms with van der Waals surface area (Å²) in [4.78, 5) is 13.3. The molecule has 0 spiro atoms. The van der Waals surface area contributed by atoms with Crippen molar-refractivity contribution in [1.82, 2.24) is 3.97 Å². The minimum Gasteiger partial charge on any atom is -0.481 e. The average Bonchev–Trinajstić information content (AvgIpc) is 3.54. The van der Waals surface area contributed by atoms with Crippen LogP contribution >= 0.6 is 11.3 Å². The number of aromatic nitrogens is 1. The maximum atomic E-state index is 14.7. The number of hydrogen-bond acceptors (Lipinski definition) is 7. The Bertz CT molecular complexity index is 2030. The number of hydrogen-bond donors (Lipinski definition) is 1. The van der Waals surface area contributed by atoms with Crippen LogP contribution in [0.2, 0.25) is 0 Å². The van der Waals surface area contributed by atoms with Gasteiger partial charge in [0, 0.05) is 40.9 Å². The van der Waals surface area contributed by atoms with Crippen LogP contribution in [-0.2, 0) is 14.8 Å². The highest BCUT2D eigenvalue weighted by Gasteiger charge is 2.34. The van der Waals surface area contributed by atoms with Crippen molar-refractivity contribution in [3.63, 3.8) is 0 Å². The minimum atomic E-state index is -4.46. The third-order valence-electron chi connectivity index (χ3n) is 7.23. The largest absolute Gasteiger partial charge is 0.481 e. The number of nitriles is 1. The fraction of sp³-hybridized carbons (Fsp3) is 0.133. The maximum absolute atomic E-state index is 14.7. The number of carboxylic acid groups (broad SMARTS) is 1. The number of alkyl halides is 2. The van der Waals surface area contributed by atoms with Gasteiger partial charge in [-0.1, -0.05) is 12.1 Å². The molecule has 8 nitrogen and oxygen atoms in total. The Hall–Kier alpha value is -4.80. The van der Waals surface area contributed by atoms with Gasteiger partial charge in [0.15, 0.2) is 0 Å². The van der Waals surface area contributed by atoms with Crippen LogP contribution in [0.4, 0.5) is 18.9 Å². The SMILES string of the molecule is N#Cc1sccc1-c1c(-c2cccc(N3CC(C(=O)O)C3)c2)n(S(=O)(=O)c2ccc(OC(F)F)cc2)c2ccc(F)cc12. The molecule has 13 heteroatoms. The maximum Gasteiger partial charge on any atom is 0.387 e. The smallest absolute Gasteiger partial charge is 0.387 e. The van der Waals surface area contributed by atoms with Gasteiger partial charge in [-0.05, 0) is 66.0 Å². The van der Waals surface area contributed by atoms with E-state index in [2.05, 4.69) is 10.8 Å². The molecule has 1 saturated heterocycles. The van der Waals surface area contributed by atoms with E-state index in [1.165, 1.54) is 12.1 Å². The van der Waals surface area contributed by atoms with E-state index in [-0.39, 0.29) is 40.3 Å². The number of carbonyl (C=O) groups is 1. The van der Waals surface area contributed by atoms with Crippen LogP contribution in [0.25, 0.3) is 33.3 Å². The van der Waals surface area contributed by atoms with Gasteiger partial charge in [-0.15, -0.1) is 11.3 Å². The van der Waals surface area contributed by atoms with Gasteiger partial charge in [0.2, 0.25) is 0 Å². The summed E-state index contributed by atoms with van der Waals surface area (Å²) in [6.07, 6.45) is 0. The van der Waals surface area contributed by atoms with Gasteiger partial charge in [-0.25, -0.2) is 16.8 Å². The van der Waals surface area contributed by atoms with E-state index in [4.69, 9.17) is 0 Å². The number of anilines is 1. The minimum absolute atomic E-state index is 0.134.